The lowest BCUT2D eigenvalue weighted by atomic mass is 9.93. The molecule has 2 atom stereocenters. The van der Waals surface area contributed by atoms with Gasteiger partial charge in [-0.05, 0) is 36.6 Å². The fourth-order valence-electron chi connectivity index (χ4n) is 2.66. The minimum atomic E-state index is -0.375. The van der Waals surface area contributed by atoms with Crippen molar-refractivity contribution in [1.82, 2.24) is 0 Å². The quantitative estimate of drug-likeness (QED) is 0.222. The molecule has 0 fully saturated rings. The Labute approximate surface area is 164 Å². The van der Waals surface area contributed by atoms with Crippen LogP contribution in [-0.4, -0.2) is 3.92 Å². The summed E-state index contributed by atoms with van der Waals surface area (Å²) in [6, 6.07) is 18.4. The fraction of sp³-hybridized carbons (Fsp3) is 0.429. The first kappa shape index (κ1) is 19.6. The Bertz CT molecular complexity index is 612. The van der Waals surface area contributed by atoms with Crippen LogP contribution in [0.4, 0.5) is 0 Å². The lowest BCUT2D eigenvalue weighted by molar-refractivity contribution is 0.305. The number of rotatable bonds is 9. The third kappa shape index (κ3) is 5.66. The molecular formula is C21H26ClIO. The normalized spacial score (nSPS) is 14.8. The minimum absolute atomic E-state index is 0.375. The maximum absolute atomic E-state index is 6.92. The lowest BCUT2D eigenvalue weighted by Gasteiger charge is -2.29. The molecule has 130 valence electrons. The first-order valence-electron chi connectivity index (χ1n) is 8.64. The zero-order chi connectivity index (χ0) is 17.4. The Balaban J connectivity index is 2.02. The number of ether oxygens (including phenoxy) is 1. The van der Waals surface area contributed by atoms with E-state index >= 15 is 0 Å². The number of benzene rings is 2. The second-order valence-corrected chi connectivity index (χ2v) is 8.63. The van der Waals surface area contributed by atoms with Crippen LogP contribution >= 0.6 is 34.2 Å². The molecule has 2 unspecified atom stereocenters. The van der Waals surface area contributed by atoms with Crippen molar-refractivity contribution in [1.29, 1.82) is 0 Å². The van der Waals surface area contributed by atoms with E-state index in [4.69, 9.17) is 16.3 Å². The summed E-state index contributed by atoms with van der Waals surface area (Å²) in [5.41, 5.74) is 2.30. The zero-order valence-electron chi connectivity index (χ0n) is 14.5. The van der Waals surface area contributed by atoms with Gasteiger partial charge in [0.2, 0.25) is 0 Å². The van der Waals surface area contributed by atoms with Crippen molar-refractivity contribution >= 4 is 34.2 Å². The Kier molecular flexibility index (Phi) is 7.89. The molecule has 2 aromatic rings. The van der Waals surface area contributed by atoms with Gasteiger partial charge >= 0.3 is 0 Å². The summed E-state index contributed by atoms with van der Waals surface area (Å²) >= 11 is 9.41. The van der Waals surface area contributed by atoms with Crippen molar-refractivity contribution in [3.8, 4) is 5.75 Å². The maximum atomic E-state index is 6.92. The molecule has 0 spiro atoms. The van der Waals surface area contributed by atoms with Gasteiger partial charge in [0, 0.05) is 3.92 Å². The molecule has 0 N–H and O–H groups in total. The van der Waals surface area contributed by atoms with Crippen LogP contribution in [-0.2, 0) is 11.5 Å². The number of alkyl halides is 2. The van der Waals surface area contributed by atoms with E-state index in [9.17, 15) is 0 Å². The van der Waals surface area contributed by atoms with Crippen molar-refractivity contribution in [2.75, 3.05) is 0 Å². The van der Waals surface area contributed by atoms with Crippen molar-refractivity contribution in [3.05, 3.63) is 65.7 Å². The van der Waals surface area contributed by atoms with Gasteiger partial charge in [-0.25, -0.2) is 0 Å². The molecule has 24 heavy (non-hydrogen) atoms. The van der Waals surface area contributed by atoms with Gasteiger partial charge in [-0.2, -0.15) is 0 Å². The zero-order valence-corrected chi connectivity index (χ0v) is 17.4. The van der Waals surface area contributed by atoms with Crippen molar-refractivity contribution in [3.63, 3.8) is 0 Å². The van der Waals surface area contributed by atoms with Gasteiger partial charge in [0.05, 0.1) is 4.87 Å². The van der Waals surface area contributed by atoms with Crippen LogP contribution in [0.2, 0.25) is 0 Å². The molecule has 0 aliphatic rings. The van der Waals surface area contributed by atoms with Crippen LogP contribution in [0, 0.1) is 0 Å². The molecule has 0 saturated carbocycles. The van der Waals surface area contributed by atoms with E-state index in [1.807, 2.05) is 30.3 Å². The van der Waals surface area contributed by atoms with E-state index in [0.717, 1.165) is 17.7 Å². The van der Waals surface area contributed by atoms with Gasteiger partial charge in [0.15, 0.2) is 0 Å². The third-order valence-corrected chi connectivity index (χ3v) is 7.01. The molecular weight excluding hydrogens is 431 g/mol. The number of unbranched alkanes of at least 4 members (excludes halogenated alkanes) is 2. The maximum Gasteiger partial charge on any atom is 0.120 e. The molecule has 0 bridgehead atoms. The predicted octanol–water partition coefficient (Wildman–Crippen LogP) is 7.10. The summed E-state index contributed by atoms with van der Waals surface area (Å²) in [6.45, 7) is 4.93. The predicted molar refractivity (Wildman–Crippen MR) is 112 cm³/mol. The second kappa shape index (κ2) is 9.67. The van der Waals surface area contributed by atoms with E-state index in [2.05, 4.69) is 60.7 Å². The van der Waals surface area contributed by atoms with Crippen LogP contribution in [0.1, 0.15) is 50.7 Å². The summed E-state index contributed by atoms with van der Waals surface area (Å²) in [4.78, 5) is -0.375. The largest absolute Gasteiger partial charge is 0.489 e. The third-order valence-electron chi connectivity index (χ3n) is 4.30. The summed E-state index contributed by atoms with van der Waals surface area (Å²) in [6.07, 6.45) is 4.89. The van der Waals surface area contributed by atoms with Gasteiger partial charge in [-0.3, -0.25) is 0 Å². The van der Waals surface area contributed by atoms with Gasteiger partial charge in [-0.1, -0.05) is 91.2 Å². The van der Waals surface area contributed by atoms with Crippen LogP contribution < -0.4 is 4.74 Å². The number of halogens is 2. The van der Waals surface area contributed by atoms with E-state index in [1.54, 1.807) is 0 Å². The highest BCUT2D eigenvalue weighted by Crippen LogP contribution is 2.40. The number of hydrogen-bond donors (Lipinski definition) is 0. The highest BCUT2D eigenvalue weighted by molar-refractivity contribution is 14.1. The van der Waals surface area contributed by atoms with E-state index in [1.165, 1.54) is 24.8 Å². The summed E-state index contributed by atoms with van der Waals surface area (Å²) in [5, 5.41) is 0. The Morgan fingerprint density at radius 3 is 2.54 bits per heavy atom. The highest BCUT2D eigenvalue weighted by atomic mass is 127. The average molecular weight is 457 g/mol. The first-order valence-corrected chi connectivity index (χ1v) is 10.3. The van der Waals surface area contributed by atoms with Gasteiger partial charge in [0.1, 0.15) is 12.4 Å². The standard InChI is InChI=1S/C21H26ClIO/c1-3-4-6-14-20(23)21(2,22)18-12-9-13-19(15-18)24-16-17-10-7-5-8-11-17/h5,7-13,15,20H,3-4,6,14,16H2,1-2H3. The van der Waals surface area contributed by atoms with Crippen molar-refractivity contribution < 1.29 is 4.74 Å². The van der Waals surface area contributed by atoms with Crippen LogP contribution in [0.15, 0.2) is 54.6 Å². The average Bonchev–Trinajstić information content (AvgIpc) is 2.61. The van der Waals surface area contributed by atoms with E-state index in [-0.39, 0.29) is 4.87 Å². The van der Waals surface area contributed by atoms with E-state index in [0.29, 0.717) is 10.5 Å². The van der Waals surface area contributed by atoms with Crippen LogP contribution in [0.3, 0.4) is 0 Å². The Morgan fingerprint density at radius 1 is 1.08 bits per heavy atom. The molecule has 0 aliphatic carbocycles. The minimum Gasteiger partial charge on any atom is -0.489 e. The highest BCUT2D eigenvalue weighted by Gasteiger charge is 2.31. The van der Waals surface area contributed by atoms with Gasteiger partial charge in [0.25, 0.3) is 0 Å². The Hall–Kier alpha value is -0.740. The molecule has 0 aliphatic heterocycles. The van der Waals surface area contributed by atoms with Gasteiger partial charge in [-0.15, -0.1) is 11.6 Å². The fourth-order valence-corrected chi connectivity index (χ4v) is 3.68. The second-order valence-electron chi connectivity index (χ2n) is 6.34. The SMILES string of the molecule is CCCCCC(I)C(C)(Cl)c1cccc(OCc2ccccc2)c1. The summed E-state index contributed by atoms with van der Waals surface area (Å²) < 4.78 is 6.34. The molecule has 0 radical (unpaired) electrons. The Morgan fingerprint density at radius 2 is 1.83 bits per heavy atom. The molecule has 0 amide bonds. The molecule has 2 rings (SSSR count). The molecule has 2 aromatic carbocycles. The topological polar surface area (TPSA) is 9.23 Å². The van der Waals surface area contributed by atoms with Gasteiger partial charge < -0.3 is 4.74 Å². The van der Waals surface area contributed by atoms with Crippen LogP contribution in [0.25, 0.3) is 0 Å². The molecule has 0 heterocycles. The molecule has 0 saturated heterocycles. The molecule has 1 nitrogen and oxygen atoms in total. The molecule has 3 heteroatoms. The number of hydrogen-bond acceptors (Lipinski definition) is 1. The van der Waals surface area contributed by atoms with Crippen molar-refractivity contribution in [2.24, 2.45) is 0 Å². The summed E-state index contributed by atoms with van der Waals surface area (Å²) in [5.74, 6) is 0.875. The van der Waals surface area contributed by atoms with Crippen LogP contribution in [0.5, 0.6) is 5.75 Å². The smallest absolute Gasteiger partial charge is 0.120 e. The first-order chi connectivity index (χ1) is 11.5. The van der Waals surface area contributed by atoms with Crippen molar-refractivity contribution in [2.45, 2.75) is 54.9 Å². The lowest BCUT2D eigenvalue weighted by Crippen LogP contribution is -2.26. The van der Waals surface area contributed by atoms with E-state index < -0.39 is 0 Å². The monoisotopic (exact) mass is 456 g/mol. The molecule has 0 aromatic heterocycles. The summed E-state index contributed by atoms with van der Waals surface area (Å²) in [7, 11) is 0.